The van der Waals surface area contributed by atoms with Crippen LogP contribution in [0.25, 0.3) is 0 Å². The van der Waals surface area contributed by atoms with Crippen molar-refractivity contribution in [2.24, 2.45) is 11.7 Å². The third-order valence-electron chi connectivity index (χ3n) is 0.471. The number of rotatable bonds is 4. The highest BCUT2D eigenvalue weighted by atomic mass is 16.5. The molecule has 0 saturated carbocycles. The van der Waals surface area contributed by atoms with Crippen LogP contribution in [-0.4, -0.2) is 36.6 Å². The van der Waals surface area contributed by atoms with Crippen LogP contribution in [0, 0.1) is 0 Å². The quantitative estimate of drug-likeness (QED) is 0.201. The first kappa shape index (κ1) is 11.6. The van der Waals surface area contributed by atoms with E-state index in [1.165, 1.54) is 0 Å². The normalized spacial score (nSPS) is 8.00. The van der Waals surface area contributed by atoms with Crippen molar-refractivity contribution in [1.82, 2.24) is 0 Å². The predicted molar refractivity (Wildman–Crippen MR) is 33.4 cm³/mol. The van der Waals surface area contributed by atoms with E-state index in [-0.39, 0.29) is 13.2 Å². The Morgan fingerprint density at radius 2 is 1.33 bits per heavy atom. The van der Waals surface area contributed by atoms with Gasteiger partial charge in [0.2, 0.25) is 0 Å². The number of nitrogens with two attached hydrogens (primary N) is 2. The number of hydrogen-bond donors (Lipinski definition) is 4. The van der Waals surface area contributed by atoms with Gasteiger partial charge in [0.25, 0.3) is 0 Å². The van der Waals surface area contributed by atoms with Gasteiger partial charge in [0, 0.05) is 0 Å². The monoisotopic (exact) mass is 138 g/mol. The van der Waals surface area contributed by atoms with Crippen molar-refractivity contribution in [3.05, 3.63) is 0 Å². The van der Waals surface area contributed by atoms with Crippen molar-refractivity contribution in [2.75, 3.05) is 26.4 Å². The van der Waals surface area contributed by atoms with Gasteiger partial charge < -0.3 is 14.9 Å². The number of hydrazine groups is 1. The van der Waals surface area contributed by atoms with Crippen LogP contribution < -0.4 is 11.7 Å². The zero-order chi connectivity index (χ0) is 7.54. The van der Waals surface area contributed by atoms with Gasteiger partial charge in [-0.3, -0.25) is 11.7 Å². The summed E-state index contributed by atoms with van der Waals surface area (Å²) in [6.45, 7) is 0.696. The molecule has 0 aliphatic carbocycles. The molecule has 0 atom stereocenters. The van der Waals surface area contributed by atoms with Crippen molar-refractivity contribution in [2.45, 2.75) is 0 Å². The van der Waals surface area contributed by atoms with E-state index in [0.717, 1.165) is 0 Å². The first-order valence-electron chi connectivity index (χ1n) is 2.54. The van der Waals surface area contributed by atoms with Crippen LogP contribution in [0.4, 0.5) is 0 Å². The highest BCUT2D eigenvalue weighted by Gasteiger charge is 1.79. The van der Waals surface area contributed by atoms with Crippen molar-refractivity contribution in [3.63, 3.8) is 0 Å². The van der Waals surface area contributed by atoms with E-state index in [9.17, 15) is 0 Å². The molecule has 0 aromatic heterocycles. The second kappa shape index (κ2) is 15.7. The smallest absolute Gasteiger partial charge is 0.0698 e. The maximum absolute atomic E-state index is 8.09. The standard InChI is InChI=1S/C4H10O3.H4N2/c5-1-3-7-4-2-6;1-2/h5-6H,1-4H2;1-2H2. The van der Waals surface area contributed by atoms with Crippen LogP contribution in [-0.2, 0) is 4.74 Å². The molecule has 5 heteroatoms. The fourth-order valence-corrected chi connectivity index (χ4v) is 0.231. The van der Waals surface area contributed by atoms with Gasteiger partial charge in [0.15, 0.2) is 0 Å². The fourth-order valence-electron chi connectivity index (χ4n) is 0.231. The summed E-state index contributed by atoms with van der Waals surface area (Å²) < 4.78 is 4.63. The number of ether oxygens (including phenoxy) is 1. The Balaban J connectivity index is 0. The minimum atomic E-state index is 0.0278. The zero-order valence-electron chi connectivity index (χ0n) is 5.29. The first-order chi connectivity index (χ1) is 4.41. The SMILES string of the molecule is NN.OCCOCCO. The molecular weight excluding hydrogens is 124 g/mol. The molecule has 0 bridgehead atoms. The van der Waals surface area contributed by atoms with Gasteiger partial charge in [0.1, 0.15) is 0 Å². The summed E-state index contributed by atoms with van der Waals surface area (Å²) in [6, 6.07) is 0. The molecule has 0 aliphatic heterocycles. The summed E-state index contributed by atoms with van der Waals surface area (Å²) in [4.78, 5) is 0. The Labute approximate surface area is 54.2 Å². The number of aliphatic hydroxyl groups excluding tert-OH is 2. The molecular formula is C4H14N2O3. The van der Waals surface area contributed by atoms with E-state index in [4.69, 9.17) is 10.2 Å². The number of hydrogen-bond acceptors (Lipinski definition) is 5. The Hall–Kier alpha value is -0.200. The molecule has 0 amide bonds. The van der Waals surface area contributed by atoms with Gasteiger partial charge >= 0.3 is 0 Å². The molecule has 0 rings (SSSR count). The molecule has 0 radical (unpaired) electrons. The van der Waals surface area contributed by atoms with Crippen molar-refractivity contribution in [3.8, 4) is 0 Å². The maximum Gasteiger partial charge on any atom is 0.0698 e. The van der Waals surface area contributed by atoms with E-state index in [2.05, 4.69) is 16.4 Å². The largest absolute Gasteiger partial charge is 0.394 e. The summed E-state index contributed by atoms with van der Waals surface area (Å²) in [5.74, 6) is 8.00. The third kappa shape index (κ3) is 18.2. The van der Waals surface area contributed by atoms with Crippen LogP contribution >= 0.6 is 0 Å². The highest BCUT2D eigenvalue weighted by molar-refractivity contribution is 4.24. The fraction of sp³-hybridized carbons (Fsp3) is 1.00. The summed E-state index contributed by atoms with van der Waals surface area (Å²) in [5.41, 5.74) is 0. The second-order valence-electron chi connectivity index (χ2n) is 1.06. The maximum atomic E-state index is 8.09. The van der Waals surface area contributed by atoms with Gasteiger partial charge in [-0.25, -0.2) is 0 Å². The highest BCUT2D eigenvalue weighted by Crippen LogP contribution is 1.68. The van der Waals surface area contributed by atoms with Gasteiger partial charge in [-0.15, -0.1) is 0 Å². The van der Waals surface area contributed by atoms with Crippen molar-refractivity contribution < 1.29 is 14.9 Å². The lowest BCUT2D eigenvalue weighted by Crippen LogP contribution is -2.03. The van der Waals surface area contributed by atoms with Gasteiger partial charge in [-0.2, -0.15) is 0 Å². The molecule has 0 saturated heterocycles. The summed E-state index contributed by atoms with van der Waals surface area (Å²) in [6.07, 6.45) is 0. The molecule has 0 unspecified atom stereocenters. The Morgan fingerprint density at radius 3 is 1.56 bits per heavy atom. The molecule has 0 fully saturated rings. The van der Waals surface area contributed by atoms with E-state index < -0.39 is 0 Å². The minimum absolute atomic E-state index is 0.0278. The second-order valence-corrected chi connectivity index (χ2v) is 1.06. The summed E-state index contributed by atoms with van der Waals surface area (Å²) >= 11 is 0. The molecule has 5 nitrogen and oxygen atoms in total. The van der Waals surface area contributed by atoms with Crippen molar-refractivity contribution >= 4 is 0 Å². The third-order valence-corrected chi connectivity index (χ3v) is 0.471. The average Bonchev–Trinajstić information content (AvgIpc) is 1.94. The number of aliphatic hydroxyl groups is 2. The van der Waals surface area contributed by atoms with E-state index in [0.29, 0.717) is 13.2 Å². The van der Waals surface area contributed by atoms with Crippen LogP contribution in [0.1, 0.15) is 0 Å². The zero-order valence-corrected chi connectivity index (χ0v) is 5.29. The van der Waals surface area contributed by atoms with Gasteiger partial charge in [-0.1, -0.05) is 0 Å². The van der Waals surface area contributed by atoms with Gasteiger partial charge in [0.05, 0.1) is 26.4 Å². The summed E-state index contributed by atoms with van der Waals surface area (Å²) in [7, 11) is 0. The Morgan fingerprint density at radius 1 is 1.00 bits per heavy atom. The van der Waals surface area contributed by atoms with Crippen molar-refractivity contribution in [1.29, 1.82) is 0 Å². The Kier molecular flexibility index (Phi) is 20.1. The van der Waals surface area contributed by atoms with E-state index in [1.807, 2.05) is 0 Å². The van der Waals surface area contributed by atoms with Crippen LogP contribution in [0.3, 0.4) is 0 Å². The molecule has 0 aromatic carbocycles. The van der Waals surface area contributed by atoms with Crippen LogP contribution in [0.5, 0.6) is 0 Å². The van der Waals surface area contributed by atoms with Crippen LogP contribution in [0.15, 0.2) is 0 Å². The van der Waals surface area contributed by atoms with E-state index >= 15 is 0 Å². The molecule has 9 heavy (non-hydrogen) atoms. The summed E-state index contributed by atoms with van der Waals surface area (Å²) in [5, 5.41) is 16.2. The topological polar surface area (TPSA) is 102 Å². The lowest BCUT2D eigenvalue weighted by Gasteiger charge is -1.94. The molecule has 0 aromatic rings. The average molecular weight is 138 g/mol. The predicted octanol–water partition coefficient (Wildman–Crippen LogP) is -2.19. The molecule has 0 heterocycles. The lowest BCUT2D eigenvalue weighted by atomic mass is 10.7. The molecule has 0 spiro atoms. The Bertz CT molecular complexity index is 33.0. The molecule has 58 valence electrons. The molecule has 6 N–H and O–H groups in total. The van der Waals surface area contributed by atoms with Crippen LogP contribution in [0.2, 0.25) is 0 Å². The van der Waals surface area contributed by atoms with E-state index in [1.54, 1.807) is 0 Å². The lowest BCUT2D eigenvalue weighted by molar-refractivity contribution is 0.0650. The first-order valence-corrected chi connectivity index (χ1v) is 2.54. The molecule has 0 aliphatic rings. The minimum Gasteiger partial charge on any atom is -0.394 e. The van der Waals surface area contributed by atoms with Gasteiger partial charge in [-0.05, 0) is 0 Å².